The Kier molecular flexibility index (Phi) is 7.45. The molecule has 5 rings (SSSR count). The van der Waals surface area contributed by atoms with Gasteiger partial charge in [-0.3, -0.25) is 9.78 Å². The summed E-state index contributed by atoms with van der Waals surface area (Å²) in [6, 6.07) is 12.7. The lowest BCUT2D eigenvalue weighted by Crippen LogP contribution is -2.32. The molecule has 2 aliphatic heterocycles. The molecule has 1 unspecified atom stereocenters. The number of nitrogens with one attached hydrogen (secondary N) is 1. The van der Waals surface area contributed by atoms with E-state index in [-0.39, 0.29) is 12.3 Å². The van der Waals surface area contributed by atoms with E-state index in [0.717, 1.165) is 70.2 Å². The number of benzene rings is 1. The average Bonchev–Trinajstić information content (AvgIpc) is 3.04. The van der Waals surface area contributed by atoms with Gasteiger partial charge in [0.15, 0.2) is 0 Å². The molecular weight excluding hydrogens is 470 g/mol. The van der Waals surface area contributed by atoms with Crippen LogP contribution >= 0.6 is 0 Å². The van der Waals surface area contributed by atoms with Crippen molar-refractivity contribution in [2.24, 2.45) is 5.92 Å². The summed E-state index contributed by atoms with van der Waals surface area (Å²) in [7, 11) is 0. The number of aryl methyl sites for hydroxylation is 1. The minimum atomic E-state index is -0.756. The van der Waals surface area contributed by atoms with Crippen LogP contribution in [-0.4, -0.2) is 34.0 Å². The monoisotopic (exact) mass is 505 g/mol. The average molecular weight is 506 g/mol. The number of aliphatic carboxylic acids is 1. The number of allylic oxidation sites excluding steroid dienone is 6. The topological polar surface area (TPSA) is 65.5 Å². The predicted molar refractivity (Wildman–Crippen MR) is 155 cm³/mol. The van der Waals surface area contributed by atoms with Crippen molar-refractivity contribution in [3.8, 4) is 0 Å². The van der Waals surface area contributed by atoms with Gasteiger partial charge in [0.2, 0.25) is 0 Å². The van der Waals surface area contributed by atoms with E-state index in [9.17, 15) is 9.90 Å². The van der Waals surface area contributed by atoms with Crippen LogP contribution in [0, 0.1) is 12.8 Å². The summed E-state index contributed by atoms with van der Waals surface area (Å²) in [5.74, 6) is -0.781. The zero-order valence-electron chi connectivity index (χ0n) is 22.2. The van der Waals surface area contributed by atoms with E-state index < -0.39 is 5.97 Å². The molecule has 0 saturated heterocycles. The number of fused-ring (bicyclic) bond motifs is 1. The molecule has 1 aromatic carbocycles. The molecule has 3 aliphatic rings. The summed E-state index contributed by atoms with van der Waals surface area (Å²) >= 11 is 0. The summed E-state index contributed by atoms with van der Waals surface area (Å²) in [6.07, 6.45) is 15.8. The van der Waals surface area contributed by atoms with Crippen LogP contribution in [0.3, 0.4) is 0 Å². The molecular formula is C33H35N3O2. The zero-order valence-corrected chi connectivity index (χ0v) is 22.2. The Morgan fingerprint density at radius 3 is 2.84 bits per heavy atom. The van der Waals surface area contributed by atoms with Crippen LogP contribution in [0.1, 0.15) is 49.6 Å². The molecule has 2 aromatic rings. The maximum Gasteiger partial charge on any atom is 0.304 e. The highest BCUT2D eigenvalue weighted by Gasteiger charge is 2.20. The number of dihydropyridines is 1. The van der Waals surface area contributed by atoms with Crippen LogP contribution in [0.5, 0.6) is 0 Å². The molecule has 5 nitrogen and oxygen atoms in total. The Bertz CT molecular complexity index is 1520. The Morgan fingerprint density at radius 2 is 2.03 bits per heavy atom. The SMILES string of the molecule is C=C1C=C(N2CCC/C(C)=C/C(CC(=O)O)C2)C=c2cc(C3=C(c4cccc(C)n4)NC=CC3)ccc2=C1. The lowest BCUT2D eigenvalue weighted by molar-refractivity contribution is -0.137. The van der Waals surface area contributed by atoms with E-state index in [1.165, 1.54) is 11.1 Å². The second-order valence-corrected chi connectivity index (χ2v) is 10.5. The van der Waals surface area contributed by atoms with E-state index in [4.69, 9.17) is 4.98 Å². The number of hydrogen-bond donors (Lipinski definition) is 2. The van der Waals surface area contributed by atoms with Gasteiger partial charge >= 0.3 is 5.97 Å². The van der Waals surface area contributed by atoms with Crippen LogP contribution in [0.4, 0.5) is 0 Å². The number of rotatable bonds is 5. The third-order valence-corrected chi connectivity index (χ3v) is 7.30. The summed E-state index contributed by atoms with van der Waals surface area (Å²) in [5, 5.41) is 15.2. The molecule has 3 heterocycles. The molecule has 194 valence electrons. The third-order valence-electron chi connectivity index (χ3n) is 7.30. The number of carbonyl (C=O) groups is 1. The molecule has 1 atom stereocenters. The van der Waals surface area contributed by atoms with Crippen LogP contribution in [0.15, 0.2) is 84.2 Å². The highest BCUT2D eigenvalue weighted by molar-refractivity contribution is 5.91. The first-order chi connectivity index (χ1) is 18.4. The molecule has 0 saturated carbocycles. The summed E-state index contributed by atoms with van der Waals surface area (Å²) in [6.45, 7) is 9.98. The van der Waals surface area contributed by atoms with Crippen molar-refractivity contribution in [2.75, 3.05) is 13.1 Å². The Hall–Kier alpha value is -4.12. The lowest BCUT2D eigenvalue weighted by atomic mass is 9.95. The van der Waals surface area contributed by atoms with E-state index >= 15 is 0 Å². The number of carboxylic acids is 1. The molecule has 0 spiro atoms. The summed E-state index contributed by atoms with van der Waals surface area (Å²) in [5.41, 5.74) is 8.65. The number of aromatic nitrogens is 1. The Labute approximate surface area is 224 Å². The van der Waals surface area contributed by atoms with Crippen molar-refractivity contribution in [1.29, 1.82) is 0 Å². The third kappa shape index (κ3) is 5.88. The van der Waals surface area contributed by atoms with E-state index in [0.29, 0.717) is 6.54 Å². The fraction of sp³-hybridized carbons (Fsp3) is 0.273. The van der Waals surface area contributed by atoms with Gasteiger partial charge in [0.1, 0.15) is 0 Å². The van der Waals surface area contributed by atoms with Gasteiger partial charge in [-0.05, 0) is 103 Å². The molecule has 2 N–H and O–H groups in total. The molecule has 0 fully saturated rings. The maximum atomic E-state index is 11.6. The van der Waals surface area contributed by atoms with Crippen molar-refractivity contribution in [2.45, 2.75) is 39.5 Å². The molecule has 1 aromatic heterocycles. The predicted octanol–water partition coefficient (Wildman–Crippen LogP) is 4.91. The fourth-order valence-corrected chi connectivity index (χ4v) is 5.56. The number of pyridine rings is 1. The number of nitrogens with zero attached hydrogens (tertiary/aromatic N) is 2. The zero-order chi connectivity index (χ0) is 26.6. The van der Waals surface area contributed by atoms with E-state index in [1.54, 1.807) is 0 Å². The van der Waals surface area contributed by atoms with Gasteiger partial charge in [0, 0.05) is 30.4 Å². The van der Waals surface area contributed by atoms with Gasteiger partial charge in [-0.2, -0.15) is 0 Å². The Balaban J connectivity index is 1.55. The number of hydrogen-bond acceptors (Lipinski definition) is 4. The van der Waals surface area contributed by atoms with Gasteiger partial charge in [0.05, 0.1) is 17.8 Å². The summed E-state index contributed by atoms with van der Waals surface area (Å²) < 4.78 is 0. The molecule has 0 bridgehead atoms. The first-order valence-electron chi connectivity index (χ1n) is 13.3. The van der Waals surface area contributed by atoms with Gasteiger partial charge in [-0.15, -0.1) is 0 Å². The van der Waals surface area contributed by atoms with Crippen molar-refractivity contribution in [1.82, 2.24) is 15.2 Å². The quantitative estimate of drug-likeness (QED) is 0.565. The van der Waals surface area contributed by atoms with Crippen LogP contribution in [-0.2, 0) is 4.79 Å². The fourth-order valence-electron chi connectivity index (χ4n) is 5.56. The minimum Gasteiger partial charge on any atom is -0.481 e. The molecule has 0 amide bonds. The van der Waals surface area contributed by atoms with E-state index in [1.807, 2.05) is 31.3 Å². The second kappa shape index (κ2) is 11.1. The van der Waals surface area contributed by atoms with Gasteiger partial charge in [0.25, 0.3) is 0 Å². The Morgan fingerprint density at radius 1 is 1.16 bits per heavy atom. The van der Waals surface area contributed by atoms with E-state index in [2.05, 4.69) is 72.3 Å². The molecule has 0 radical (unpaired) electrons. The molecule has 5 heteroatoms. The van der Waals surface area contributed by atoms with Crippen molar-refractivity contribution in [3.63, 3.8) is 0 Å². The van der Waals surface area contributed by atoms with Crippen LogP contribution < -0.4 is 15.8 Å². The largest absolute Gasteiger partial charge is 0.481 e. The first kappa shape index (κ1) is 25.5. The summed E-state index contributed by atoms with van der Waals surface area (Å²) in [4.78, 5) is 18.7. The highest BCUT2D eigenvalue weighted by atomic mass is 16.4. The van der Waals surface area contributed by atoms with Crippen LogP contribution in [0.2, 0.25) is 0 Å². The van der Waals surface area contributed by atoms with Crippen molar-refractivity contribution >= 4 is 29.4 Å². The van der Waals surface area contributed by atoms with Crippen molar-refractivity contribution < 1.29 is 9.90 Å². The van der Waals surface area contributed by atoms with Crippen LogP contribution in [0.25, 0.3) is 23.4 Å². The van der Waals surface area contributed by atoms with Gasteiger partial charge in [-0.1, -0.05) is 42.5 Å². The van der Waals surface area contributed by atoms with Gasteiger partial charge in [-0.25, -0.2) is 0 Å². The minimum absolute atomic E-state index is 0.0250. The highest BCUT2D eigenvalue weighted by Crippen LogP contribution is 2.29. The van der Waals surface area contributed by atoms with Gasteiger partial charge < -0.3 is 15.3 Å². The lowest BCUT2D eigenvalue weighted by Gasteiger charge is -2.31. The number of carboxylic acid groups (broad SMARTS) is 1. The standard InChI is InChI=1S/C33H35N3O2/c1-22-7-6-14-36(21-25(15-22)18-32(37)38)29-17-23(2)16-26-11-12-27(19-28(26)20-29)30-9-5-13-34-33(30)31-10-4-8-24(3)35-31/h4-5,8,10-13,15-17,19-20,25,34H,2,6-7,9,14,18,21H2,1,3H3,(H,37,38)/b22-15+. The maximum absolute atomic E-state index is 11.6. The van der Waals surface area contributed by atoms with Crippen molar-refractivity contribution in [3.05, 3.63) is 112 Å². The second-order valence-electron chi connectivity index (χ2n) is 10.5. The first-order valence-corrected chi connectivity index (χ1v) is 13.3. The molecule has 1 aliphatic carbocycles. The normalized spacial score (nSPS) is 20.9. The molecule has 38 heavy (non-hydrogen) atoms. The smallest absolute Gasteiger partial charge is 0.304 e.